The summed E-state index contributed by atoms with van der Waals surface area (Å²) in [4.78, 5) is 13.5. The summed E-state index contributed by atoms with van der Waals surface area (Å²) in [6, 6.07) is 0. The van der Waals surface area contributed by atoms with Crippen LogP contribution in [0.3, 0.4) is 0 Å². The monoisotopic (exact) mass is 906 g/mol. The normalized spacial score (nSPS) is 53.2. The summed E-state index contributed by atoms with van der Waals surface area (Å²) in [7, 11) is 1.73. The quantitative estimate of drug-likeness (QED) is 0.214. The molecule has 11 fully saturated rings. The Morgan fingerprint density at radius 3 is 2.42 bits per heavy atom. The van der Waals surface area contributed by atoms with Gasteiger partial charge in [-0.1, -0.05) is 6.58 Å². The van der Waals surface area contributed by atoms with E-state index in [1.54, 1.807) is 7.11 Å². The molecule has 0 aromatic rings. The van der Waals surface area contributed by atoms with Crippen molar-refractivity contribution in [3.05, 3.63) is 12.2 Å². The molecule has 0 aromatic carbocycles. The van der Waals surface area contributed by atoms with Gasteiger partial charge in [-0.25, -0.2) is 0 Å². The second-order valence-electron chi connectivity index (χ2n) is 21.2. The predicted molar refractivity (Wildman–Crippen MR) is 220 cm³/mol. The third kappa shape index (κ3) is 8.89. The third-order valence-corrected chi connectivity index (χ3v) is 16.6. The molecule has 0 aromatic heterocycles. The second-order valence-corrected chi connectivity index (χ2v) is 21.2. The van der Waals surface area contributed by atoms with E-state index >= 15 is 0 Å². The average molecular weight is 907 g/mol. The van der Waals surface area contributed by atoms with Gasteiger partial charge >= 0.3 is 5.97 Å². The maximum atomic E-state index is 13.5. The molecule has 4 bridgehead atoms. The number of methoxy groups -OCH3 is 1. The van der Waals surface area contributed by atoms with E-state index in [-0.39, 0.29) is 117 Å². The van der Waals surface area contributed by atoms with Crippen molar-refractivity contribution in [2.45, 2.75) is 249 Å². The van der Waals surface area contributed by atoms with E-state index in [1.807, 2.05) is 6.92 Å². The van der Waals surface area contributed by atoms with Crippen LogP contribution in [0.4, 0.5) is 0 Å². The van der Waals surface area contributed by atoms with E-state index in [2.05, 4.69) is 6.58 Å². The maximum absolute atomic E-state index is 13.5. The van der Waals surface area contributed by atoms with Gasteiger partial charge in [0.1, 0.15) is 24.4 Å². The lowest BCUT2D eigenvalue weighted by atomic mass is 9.81. The van der Waals surface area contributed by atoms with E-state index in [0.29, 0.717) is 90.1 Å². The molecule has 22 atom stereocenters. The van der Waals surface area contributed by atoms with Crippen molar-refractivity contribution in [2.24, 2.45) is 0 Å². The van der Waals surface area contributed by atoms with Crippen molar-refractivity contribution >= 4 is 5.97 Å². The number of esters is 1. The van der Waals surface area contributed by atoms with E-state index in [9.17, 15) is 20.1 Å². The van der Waals surface area contributed by atoms with Crippen LogP contribution >= 0.6 is 0 Å². The number of rotatable bonds is 10. The van der Waals surface area contributed by atoms with Crippen LogP contribution in [0, 0.1) is 0 Å². The highest BCUT2D eigenvalue weighted by atomic mass is 16.7. The Morgan fingerprint density at radius 1 is 0.766 bits per heavy atom. The zero-order chi connectivity index (χ0) is 44.0. The Kier molecular flexibility index (Phi) is 12.6. The van der Waals surface area contributed by atoms with Gasteiger partial charge in [0.05, 0.1) is 123 Å². The molecule has 17 nitrogen and oxygen atoms in total. The molecular weight excluding hydrogens is 836 g/mol. The molecule has 64 heavy (non-hydrogen) atoms. The van der Waals surface area contributed by atoms with Crippen molar-refractivity contribution in [1.29, 1.82) is 0 Å². The number of hydrogen-bond donors (Lipinski definition) is 3. The number of fused-ring (bicyclic) bond motifs is 10. The van der Waals surface area contributed by atoms with Gasteiger partial charge in [0, 0.05) is 71.3 Å². The molecular formula is C47H70O17. The number of carbonyl (C=O) groups is 1. The van der Waals surface area contributed by atoms with Crippen LogP contribution in [-0.2, 0) is 66.4 Å². The molecule has 11 rings (SSSR count). The highest BCUT2D eigenvalue weighted by Gasteiger charge is 2.61. The first-order chi connectivity index (χ1) is 30.8. The molecule has 11 aliphatic heterocycles. The number of aliphatic hydroxyl groups is 3. The van der Waals surface area contributed by atoms with Gasteiger partial charge in [-0.3, -0.25) is 4.79 Å². The lowest BCUT2D eigenvalue weighted by molar-refractivity contribution is -0.371. The molecule has 11 aliphatic rings. The lowest BCUT2D eigenvalue weighted by Crippen LogP contribution is -2.61. The van der Waals surface area contributed by atoms with Gasteiger partial charge in [0.2, 0.25) is 0 Å². The SMILES string of the molecule is C=C1CO[C@@H](CC[C@]23CC(OC)[C@H](O2)C2C[C@@H](O3)[C@H]3O[C@@H](CC(=O)O[C@H]4COC5C[C@H]6O[C@@H](CC7O[C@@]8(CC[C@@H]9OC(CO)C(O)C[C@@H]9O8)CCC7(C)O)CC6O[C@H]5C4)CC[C@@H]3O2)C1. The number of hydrogen-bond acceptors (Lipinski definition) is 17. The van der Waals surface area contributed by atoms with Gasteiger partial charge in [-0.2, -0.15) is 0 Å². The minimum atomic E-state index is -1.07. The summed E-state index contributed by atoms with van der Waals surface area (Å²) < 4.78 is 83.5. The molecule has 360 valence electrons. The second kappa shape index (κ2) is 17.8. The molecule has 17 heteroatoms. The number of ether oxygens (including phenoxy) is 13. The van der Waals surface area contributed by atoms with Crippen molar-refractivity contribution in [2.75, 3.05) is 26.9 Å². The summed E-state index contributed by atoms with van der Waals surface area (Å²) >= 11 is 0. The Bertz CT molecular complexity index is 1700. The summed E-state index contributed by atoms with van der Waals surface area (Å²) in [6.45, 7) is 6.56. The minimum Gasteiger partial charge on any atom is -0.460 e. The summed E-state index contributed by atoms with van der Waals surface area (Å²) in [5.74, 6) is -2.01. The molecule has 0 amide bonds. The van der Waals surface area contributed by atoms with Gasteiger partial charge in [0.25, 0.3) is 0 Å². The summed E-state index contributed by atoms with van der Waals surface area (Å²) in [5.41, 5.74) is 0.0432. The first-order valence-electron chi connectivity index (χ1n) is 24.5. The van der Waals surface area contributed by atoms with Crippen LogP contribution in [0.2, 0.25) is 0 Å². The van der Waals surface area contributed by atoms with Gasteiger partial charge in [-0.05, 0) is 51.0 Å². The van der Waals surface area contributed by atoms with Crippen LogP contribution in [0.5, 0.6) is 0 Å². The first kappa shape index (κ1) is 45.1. The van der Waals surface area contributed by atoms with Crippen molar-refractivity contribution in [3.8, 4) is 0 Å². The molecule has 0 saturated carbocycles. The zero-order valence-corrected chi connectivity index (χ0v) is 37.4. The van der Waals surface area contributed by atoms with Gasteiger partial charge in [0.15, 0.2) is 11.6 Å². The molecule has 0 radical (unpaired) electrons. The standard InChI is InChI=1S/C47H70O17/c1-24-12-25(53-22-24)6-8-47-20-39(52-3)44(64-47)37-19-38(62-47)43-31(59-37)5-4-26(57-43)16-42(50)56-28-14-33-32(54-23-28)18-35-34(60-33)13-27(55-35)15-41-45(2,51)10-11-46(63-41)9-7-30-36(61-46)17-29(49)40(21-48)58-30/h25-41,43-44,48-49,51H,1,4-23H2,2-3H3/t25-,26+,27+,28+,29?,30-,31-,32?,33-,34?,35+,36-,37?,38+,39?,40?,41?,43-,44+,45?,46-,47+/m0/s1. The third-order valence-electron chi connectivity index (χ3n) is 16.6. The zero-order valence-electron chi connectivity index (χ0n) is 37.4. The fourth-order valence-electron chi connectivity index (χ4n) is 13.1. The van der Waals surface area contributed by atoms with Crippen LogP contribution in [0.25, 0.3) is 0 Å². The molecule has 0 aliphatic carbocycles. The fraction of sp³-hybridized carbons (Fsp3) is 0.936. The Balaban J connectivity index is 0.656. The van der Waals surface area contributed by atoms with E-state index in [1.165, 1.54) is 0 Å². The number of aliphatic hydroxyl groups excluding tert-OH is 2. The fourth-order valence-corrected chi connectivity index (χ4v) is 13.1. The largest absolute Gasteiger partial charge is 0.460 e. The summed E-state index contributed by atoms with van der Waals surface area (Å²) in [6.07, 6.45) is 4.89. The molecule has 3 N–H and O–H groups in total. The summed E-state index contributed by atoms with van der Waals surface area (Å²) in [5, 5.41) is 31.7. The highest BCUT2D eigenvalue weighted by Crippen LogP contribution is 2.50. The lowest BCUT2D eigenvalue weighted by Gasteiger charge is -2.54. The molecule has 1 spiro atoms. The van der Waals surface area contributed by atoms with Crippen molar-refractivity contribution in [3.63, 3.8) is 0 Å². The first-order valence-corrected chi connectivity index (χ1v) is 24.5. The Labute approximate surface area is 375 Å². The van der Waals surface area contributed by atoms with E-state index in [0.717, 1.165) is 24.8 Å². The van der Waals surface area contributed by atoms with Crippen LogP contribution in [-0.4, -0.2) is 181 Å². The van der Waals surface area contributed by atoms with Gasteiger partial charge in [-0.15, -0.1) is 0 Å². The van der Waals surface area contributed by atoms with E-state index < -0.39 is 41.6 Å². The molecule has 11 saturated heterocycles. The minimum absolute atomic E-state index is 0.106. The predicted octanol–water partition coefficient (Wildman–Crippen LogP) is 2.83. The number of carbonyl (C=O) groups excluding carboxylic acids is 1. The van der Waals surface area contributed by atoms with Crippen molar-refractivity contribution < 1.29 is 81.7 Å². The average Bonchev–Trinajstić information content (AvgIpc) is 3.97. The Morgan fingerprint density at radius 2 is 1.59 bits per heavy atom. The molecule has 8 unspecified atom stereocenters. The van der Waals surface area contributed by atoms with Crippen LogP contribution in [0.15, 0.2) is 12.2 Å². The molecule has 11 heterocycles. The van der Waals surface area contributed by atoms with Gasteiger partial charge < -0.3 is 76.9 Å². The topological polar surface area (TPSA) is 198 Å². The Hall–Kier alpha value is -1.39. The highest BCUT2D eigenvalue weighted by molar-refractivity contribution is 5.70. The van der Waals surface area contributed by atoms with Crippen LogP contribution in [0.1, 0.15) is 116 Å². The van der Waals surface area contributed by atoms with Crippen LogP contribution < -0.4 is 0 Å². The van der Waals surface area contributed by atoms with Crippen molar-refractivity contribution in [1.82, 2.24) is 0 Å². The smallest absolute Gasteiger partial charge is 0.308 e. The maximum Gasteiger partial charge on any atom is 0.308 e. The van der Waals surface area contributed by atoms with E-state index in [4.69, 9.17) is 61.6 Å².